The van der Waals surface area contributed by atoms with Gasteiger partial charge in [0.25, 0.3) is 0 Å². The Balaban J connectivity index is 2.02. The van der Waals surface area contributed by atoms with Crippen LogP contribution in [0.5, 0.6) is 5.75 Å². The Bertz CT molecular complexity index is 460. The average Bonchev–Trinajstić information content (AvgIpc) is 2.90. The summed E-state index contributed by atoms with van der Waals surface area (Å²) in [5, 5.41) is 4.61. The molecule has 1 heterocycles. The van der Waals surface area contributed by atoms with Crippen LogP contribution in [0.25, 0.3) is 0 Å². The van der Waals surface area contributed by atoms with Gasteiger partial charge in [-0.3, -0.25) is 0 Å². The molecule has 1 aliphatic heterocycles. The van der Waals surface area contributed by atoms with E-state index in [0.717, 1.165) is 37.5 Å². The number of hydrogen-bond acceptors (Lipinski definition) is 3. The molecule has 1 aliphatic rings. The monoisotopic (exact) mass is 331 g/mol. The summed E-state index contributed by atoms with van der Waals surface area (Å²) in [6, 6.07) is 3.65. The number of rotatable bonds is 7. The van der Waals surface area contributed by atoms with E-state index in [1.54, 1.807) is 6.07 Å². The molecule has 0 radical (unpaired) electrons. The summed E-state index contributed by atoms with van der Waals surface area (Å²) in [6.45, 7) is 8.23. The van der Waals surface area contributed by atoms with Crippen molar-refractivity contribution in [2.24, 2.45) is 11.8 Å². The van der Waals surface area contributed by atoms with Gasteiger partial charge in [-0.25, -0.2) is 0 Å². The zero-order chi connectivity index (χ0) is 15.2. The number of nitrogens with one attached hydrogen (secondary N) is 1. The minimum Gasteiger partial charge on any atom is -0.491 e. The predicted molar refractivity (Wildman–Crippen MR) is 87.4 cm³/mol. The Morgan fingerprint density at radius 2 is 2.19 bits per heavy atom. The van der Waals surface area contributed by atoms with Crippen LogP contribution < -0.4 is 10.1 Å². The van der Waals surface area contributed by atoms with Gasteiger partial charge in [0.2, 0.25) is 0 Å². The van der Waals surface area contributed by atoms with E-state index in [0.29, 0.717) is 35.0 Å². The van der Waals surface area contributed by atoms with Crippen molar-refractivity contribution in [2.75, 3.05) is 26.4 Å². The topological polar surface area (TPSA) is 30.5 Å². The molecule has 0 aliphatic carbocycles. The van der Waals surface area contributed by atoms with E-state index in [-0.39, 0.29) is 0 Å². The van der Waals surface area contributed by atoms with E-state index in [4.69, 9.17) is 32.7 Å². The van der Waals surface area contributed by atoms with Crippen molar-refractivity contribution in [2.45, 2.75) is 26.8 Å². The minimum atomic E-state index is 0.452. The van der Waals surface area contributed by atoms with Gasteiger partial charge in [0.15, 0.2) is 0 Å². The van der Waals surface area contributed by atoms with Gasteiger partial charge in [0.05, 0.1) is 18.2 Å². The minimum absolute atomic E-state index is 0.452. The summed E-state index contributed by atoms with van der Waals surface area (Å²) >= 11 is 12.4. The highest BCUT2D eigenvalue weighted by molar-refractivity contribution is 6.35. The lowest BCUT2D eigenvalue weighted by molar-refractivity contribution is 0.166. The quantitative estimate of drug-likeness (QED) is 0.813. The van der Waals surface area contributed by atoms with Crippen LogP contribution in [0.2, 0.25) is 10.0 Å². The number of ether oxygens (including phenoxy) is 2. The van der Waals surface area contributed by atoms with E-state index < -0.39 is 0 Å². The highest BCUT2D eigenvalue weighted by atomic mass is 35.5. The summed E-state index contributed by atoms with van der Waals surface area (Å²) in [6.07, 6.45) is 1.05. The van der Waals surface area contributed by atoms with E-state index in [1.165, 1.54) is 0 Å². The van der Waals surface area contributed by atoms with Gasteiger partial charge in [0, 0.05) is 29.7 Å². The molecule has 0 aromatic heterocycles. The van der Waals surface area contributed by atoms with Crippen LogP contribution >= 0.6 is 23.2 Å². The van der Waals surface area contributed by atoms with Crippen molar-refractivity contribution in [3.63, 3.8) is 0 Å². The van der Waals surface area contributed by atoms with Crippen LogP contribution in [-0.4, -0.2) is 26.4 Å². The maximum Gasteiger partial charge on any atom is 0.142 e. The molecular weight excluding hydrogens is 309 g/mol. The molecule has 118 valence electrons. The Hall–Kier alpha value is -0.480. The van der Waals surface area contributed by atoms with Crippen LogP contribution in [-0.2, 0) is 11.3 Å². The Morgan fingerprint density at radius 1 is 1.38 bits per heavy atom. The lowest BCUT2D eigenvalue weighted by Gasteiger charge is -2.17. The zero-order valence-electron chi connectivity index (χ0n) is 12.6. The Morgan fingerprint density at radius 3 is 2.86 bits per heavy atom. The first-order valence-corrected chi connectivity index (χ1v) is 8.21. The fourth-order valence-corrected chi connectivity index (χ4v) is 2.91. The second kappa shape index (κ2) is 8.23. The molecule has 0 amide bonds. The molecule has 1 saturated heterocycles. The zero-order valence-corrected chi connectivity index (χ0v) is 14.1. The molecule has 3 nitrogen and oxygen atoms in total. The molecule has 1 aromatic carbocycles. The van der Waals surface area contributed by atoms with Crippen molar-refractivity contribution < 1.29 is 9.47 Å². The van der Waals surface area contributed by atoms with Crippen LogP contribution in [0, 0.1) is 11.8 Å². The highest BCUT2D eigenvalue weighted by Gasteiger charge is 2.18. The van der Waals surface area contributed by atoms with Crippen LogP contribution in [0.3, 0.4) is 0 Å². The van der Waals surface area contributed by atoms with Crippen molar-refractivity contribution in [3.8, 4) is 5.75 Å². The SMILES string of the molecule is CC(C)CNCc1cc(Cl)cc(Cl)c1OCC1CCOC1. The summed E-state index contributed by atoms with van der Waals surface area (Å²) in [4.78, 5) is 0. The first-order valence-electron chi connectivity index (χ1n) is 7.45. The first-order chi connectivity index (χ1) is 10.1. The van der Waals surface area contributed by atoms with Crippen molar-refractivity contribution in [1.82, 2.24) is 5.32 Å². The molecule has 0 bridgehead atoms. The maximum atomic E-state index is 6.29. The summed E-state index contributed by atoms with van der Waals surface area (Å²) < 4.78 is 11.3. The lowest BCUT2D eigenvalue weighted by atomic mass is 10.1. The van der Waals surface area contributed by atoms with Gasteiger partial charge in [-0.05, 0) is 31.0 Å². The molecule has 0 spiro atoms. The van der Waals surface area contributed by atoms with Gasteiger partial charge >= 0.3 is 0 Å². The molecule has 1 fully saturated rings. The second-order valence-corrected chi connectivity index (χ2v) is 6.78. The molecule has 1 aromatic rings. The highest BCUT2D eigenvalue weighted by Crippen LogP contribution is 2.33. The first kappa shape index (κ1) is 16.9. The third kappa shape index (κ3) is 5.33. The Kier molecular flexibility index (Phi) is 6.62. The molecular formula is C16H23Cl2NO2. The number of hydrogen-bond donors (Lipinski definition) is 1. The predicted octanol–water partition coefficient (Wildman–Crippen LogP) is 4.15. The maximum absolute atomic E-state index is 6.29. The van der Waals surface area contributed by atoms with E-state index in [1.807, 2.05) is 6.07 Å². The van der Waals surface area contributed by atoms with Gasteiger partial charge in [-0.15, -0.1) is 0 Å². The van der Waals surface area contributed by atoms with Crippen LogP contribution in [0.4, 0.5) is 0 Å². The fraction of sp³-hybridized carbons (Fsp3) is 0.625. The second-order valence-electron chi connectivity index (χ2n) is 5.94. The van der Waals surface area contributed by atoms with Gasteiger partial charge in [-0.1, -0.05) is 37.0 Å². The summed E-state index contributed by atoms with van der Waals surface area (Å²) in [7, 11) is 0. The van der Waals surface area contributed by atoms with Gasteiger partial charge < -0.3 is 14.8 Å². The van der Waals surface area contributed by atoms with Crippen LogP contribution in [0.15, 0.2) is 12.1 Å². The third-order valence-electron chi connectivity index (χ3n) is 3.44. The summed E-state index contributed by atoms with van der Waals surface area (Å²) in [5.41, 5.74) is 1.01. The average molecular weight is 332 g/mol. The van der Waals surface area contributed by atoms with E-state index >= 15 is 0 Å². The number of halogens is 2. The largest absolute Gasteiger partial charge is 0.491 e. The smallest absolute Gasteiger partial charge is 0.142 e. The van der Waals surface area contributed by atoms with Crippen LogP contribution in [0.1, 0.15) is 25.8 Å². The third-order valence-corrected chi connectivity index (χ3v) is 3.94. The molecule has 1 unspecified atom stereocenters. The van der Waals surface area contributed by atoms with E-state index in [9.17, 15) is 0 Å². The summed E-state index contributed by atoms with van der Waals surface area (Å²) in [5.74, 6) is 1.79. The van der Waals surface area contributed by atoms with Gasteiger partial charge in [-0.2, -0.15) is 0 Å². The van der Waals surface area contributed by atoms with Gasteiger partial charge in [0.1, 0.15) is 5.75 Å². The molecule has 0 saturated carbocycles. The molecule has 1 atom stereocenters. The molecule has 21 heavy (non-hydrogen) atoms. The van der Waals surface area contributed by atoms with Crippen molar-refractivity contribution in [3.05, 3.63) is 27.7 Å². The fourth-order valence-electron chi connectivity index (χ4n) is 2.32. The van der Waals surface area contributed by atoms with Crippen molar-refractivity contribution >= 4 is 23.2 Å². The molecule has 5 heteroatoms. The molecule has 2 rings (SSSR count). The van der Waals surface area contributed by atoms with Crippen molar-refractivity contribution in [1.29, 1.82) is 0 Å². The normalized spacial score (nSPS) is 18.4. The Labute approximate surface area is 136 Å². The standard InChI is InChI=1S/C16H23Cl2NO2/c1-11(2)7-19-8-13-5-14(17)6-15(18)16(13)21-10-12-3-4-20-9-12/h5-6,11-12,19H,3-4,7-10H2,1-2H3. The van der Waals surface area contributed by atoms with E-state index in [2.05, 4.69) is 19.2 Å². The number of benzene rings is 1. The molecule has 1 N–H and O–H groups in total. The lowest BCUT2D eigenvalue weighted by Crippen LogP contribution is -2.20.